The highest BCUT2D eigenvalue weighted by Gasteiger charge is 2.35. The van der Waals surface area contributed by atoms with Gasteiger partial charge >= 0.3 is 0 Å². The minimum Gasteiger partial charge on any atom is -0.323 e. The van der Waals surface area contributed by atoms with E-state index in [1.807, 2.05) is 0 Å². The third-order valence-electron chi connectivity index (χ3n) is 4.80. The molecule has 0 amide bonds. The van der Waals surface area contributed by atoms with Crippen LogP contribution in [0, 0.1) is 12.3 Å². The van der Waals surface area contributed by atoms with Crippen molar-refractivity contribution in [1.82, 2.24) is 9.55 Å². The lowest BCUT2D eigenvalue weighted by atomic mass is 9.73. The summed E-state index contributed by atoms with van der Waals surface area (Å²) in [6, 6.07) is 7.06. The molecule has 1 heterocycles. The molecule has 0 bridgehead atoms. The SMILES string of the molecule is Cc1ccc2c(c1)nc(CCl)n2C1CCCCC1(C)C. The van der Waals surface area contributed by atoms with E-state index in [2.05, 4.69) is 43.5 Å². The van der Waals surface area contributed by atoms with Gasteiger partial charge in [-0.2, -0.15) is 0 Å². The summed E-state index contributed by atoms with van der Waals surface area (Å²) in [4.78, 5) is 4.76. The van der Waals surface area contributed by atoms with Crippen molar-refractivity contribution in [1.29, 1.82) is 0 Å². The van der Waals surface area contributed by atoms with Crippen LogP contribution in [0.25, 0.3) is 11.0 Å². The van der Waals surface area contributed by atoms with Crippen molar-refractivity contribution in [3.63, 3.8) is 0 Å². The Labute approximate surface area is 126 Å². The summed E-state index contributed by atoms with van der Waals surface area (Å²) in [5.74, 6) is 1.51. The predicted octanol–water partition coefficient (Wildman–Crippen LogP) is 5.22. The molecule has 0 aliphatic heterocycles. The molecule has 0 spiro atoms. The van der Waals surface area contributed by atoms with Crippen molar-refractivity contribution in [3.05, 3.63) is 29.6 Å². The van der Waals surface area contributed by atoms with E-state index in [4.69, 9.17) is 16.6 Å². The third kappa shape index (κ3) is 2.24. The Hall–Kier alpha value is -1.02. The number of imidazole rings is 1. The molecule has 0 radical (unpaired) electrons. The lowest BCUT2D eigenvalue weighted by Crippen LogP contribution is -2.31. The number of rotatable bonds is 2. The van der Waals surface area contributed by atoms with Gasteiger partial charge in [0, 0.05) is 6.04 Å². The first kappa shape index (κ1) is 13.9. The Morgan fingerprint density at radius 1 is 1.35 bits per heavy atom. The van der Waals surface area contributed by atoms with Gasteiger partial charge in [-0.15, -0.1) is 11.6 Å². The molecule has 20 heavy (non-hydrogen) atoms. The lowest BCUT2D eigenvalue weighted by molar-refractivity contribution is 0.145. The zero-order chi connectivity index (χ0) is 14.3. The van der Waals surface area contributed by atoms with Gasteiger partial charge in [0.2, 0.25) is 0 Å². The summed E-state index contributed by atoms with van der Waals surface area (Å²) in [5.41, 5.74) is 3.90. The number of halogens is 1. The molecule has 1 saturated carbocycles. The van der Waals surface area contributed by atoms with Crippen molar-refractivity contribution < 1.29 is 0 Å². The van der Waals surface area contributed by atoms with Crippen LogP contribution in [-0.4, -0.2) is 9.55 Å². The van der Waals surface area contributed by atoms with Crippen LogP contribution in [0.5, 0.6) is 0 Å². The lowest BCUT2D eigenvalue weighted by Gasteiger charge is -2.40. The first-order valence-electron chi connectivity index (χ1n) is 7.56. The van der Waals surface area contributed by atoms with Crippen LogP contribution >= 0.6 is 11.6 Å². The van der Waals surface area contributed by atoms with E-state index in [1.165, 1.54) is 36.8 Å². The van der Waals surface area contributed by atoms with E-state index in [9.17, 15) is 0 Å². The van der Waals surface area contributed by atoms with Crippen molar-refractivity contribution >= 4 is 22.6 Å². The number of nitrogens with zero attached hydrogens (tertiary/aromatic N) is 2. The summed E-state index contributed by atoms with van der Waals surface area (Å²) in [7, 11) is 0. The second-order valence-electron chi connectivity index (χ2n) is 6.77. The first-order chi connectivity index (χ1) is 9.53. The summed E-state index contributed by atoms with van der Waals surface area (Å²) in [6.07, 6.45) is 5.16. The second kappa shape index (κ2) is 5.07. The Bertz CT molecular complexity index is 627. The maximum absolute atomic E-state index is 6.17. The van der Waals surface area contributed by atoms with Gasteiger partial charge in [0.1, 0.15) is 5.82 Å². The Morgan fingerprint density at radius 2 is 2.15 bits per heavy atom. The van der Waals surface area contributed by atoms with Crippen molar-refractivity contribution in [2.24, 2.45) is 5.41 Å². The summed E-state index contributed by atoms with van der Waals surface area (Å²) in [6.45, 7) is 6.88. The topological polar surface area (TPSA) is 17.8 Å². The molecule has 3 heteroatoms. The van der Waals surface area contributed by atoms with Gasteiger partial charge in [-0.1, -0.05) is 32.8 Å². The van der Waals surface area contributed by atoms with E-state index in [0.29, 0.717) is 17.3 Å². The largest absolute Gasteiger partial charge is 0.323 e. The number of benzene rings is 1. The Morgan fingerprint density at radius 3 is 2.85 bits per heavy atom. The molecule has 1 fully saturated rings. The van der Waals surface area contributed by atoms with Crippen LogP contribution in [0.2, 0.25) is 0 Å². The molecule has 1 aliphatic rings. The minimum atomic E-state index is 0.317. The maximum Gasteiger partial charge on any atom is 0.125 e. The molecule has 0 saturated heterocycles. The molecule has 108 valence electrons. The van der Waals surface area contributed by atoms with Crippen LogP contribution in [0.3, 0.4) is 0 Å². The fraction of sp³-hybridized carbons (Fsp3) is 0.588. The van der Waals surface area contributed by atoms with Gasteiger partial charge in [-0.05, 0) is 42.9 Å². The minimum absolute atomic E-state index is 0.317. The van der Waals surface area contributed by atoms with Crippen molar-refractivity contribution in [3.8, 4) is 0 Å². The zero-order valence-corrected chi connectivity index (χ0v) is 13.4. The molecule has 2 nitrogen and oxygen atoms in total. The molecule has 1 atom stereocenters. The fourth-order valence-corrected chi connectivity index (χ4v) is 3.84. The molecule has 0 N–H and O–H groups in total. The van der Waals surface area contributed by atoms with E-state index >= 15 is 0 Å². The van der Waals surface area contributed by atoms with Crippen molar-refractivity contribution in [2.45, 2.75) is 58.4 Å². The summed E-state index contributed by atoms with van der Waals surface area (Å²) < 4.78 is 2.42. The van der Waals surface area contributed by atoms with Gasteiger partial charge in [0.15, 0.2) is 0 Å². The Balaban J connectivity index is 2.18. The first-order valence-corrected chi connectivity index (χ1v) is 8.10. The van der Waals surface area contributed by atoms with Crippen LogP contribution in [0.15, 0.2) is 18.2 Å². The van der Waals surface area contributed by atoms with E-state index < -0.39 is 0 Å². The van der Waals surface area contributed by atoms with Gasteiger partial charge in [-0.25, -0.2) is 4.98 Å². The number of aryl methyl sites for hydroxylation is 1. The standard InChI is InChI=1S/C17H23ClN2/c1-12-7-8-14-13(10-12)19-16(11-18)20(14)15-6-4-5-9-17(15,2)3/h7-8,10,15H,4-6,9,11H2,1-3H3. The number of hydrogen-bond donors (Lipinski definition) is 0. The van der Waals surface area contributed by atoms with Crippen LogP contribution in [-0.2, 0) is 5.88 Å². The molecule has 1 aromatic carbocycles. The number of fused-ring (bicyclic) bond motifs is 1. The molecular weight excluding hydrogens is 268 g/mol. The highest BCUT2D eigenvalue weighted by atomic mass is 35.5. The summed E-state index contributed by atoms with van der Waals surface area (Å²) >= 11 is 6.17. The average molecular weight is 291 g/mol. The van der Waals surface area contributed by atoms with Gasteiger partial charge < -0.3 is 4.57 Å². The molecule has 2 aromatic rings. The van der Waals surface area contributed by atoms with E-state index in [1.54, 1.807) is 0 Å². The van der Waals surface area contributed by atoms with Gasteiger partial charge in [-0.3, -0.25) is 0 Å². The smallest absolute Gasteiger partial charge is 0.125 e. The monoisotopic (exact) mass is 290 g/mol. The highest BCUT2D eigenvalue weighted by Crippen LogP contribution is 2.45. The van der Waals surface area contributed by atoms with Crippen LogP contribution in [0.4, 0.5) is 0 Å². The molecule has 3 rings (SSSR count). The fourth-order valence-electron chi connectivity index (χ4n) is 3.65. The molecular formula is C17H23ClN2. The number of aromatic nitrogens is 2. The van der Waals surface area contributed by atoms with E-state index in [-0.39, 0.29) is 0 Å². The molecule has 1 aromatic heterocycles. The molecule has 1 unspecified atom stereocenters. The van der Waals surface area contributed by atoms with Gasteiger partial charge in [0.05, 0.1) is 16.9 Å². The van der Waals surface area contributed by atoms with Crippen LogP contribution < -0.4 is 0 Å². The number of hydrogen-bond acceptors (Lipinski definition) is 1. The van der Waals surface area contributed by atoms with E-state index in [0.717, 1.165) is 11.3 Å². The maximum atomic E-state index is 6.17. The highest BCUT2D eigenvalue weighted by molar-refractivity contribution is 6.16. The predicted molar refractivity (Wildman–Crippen MR) is 85.3 cm³/mol. The van der Waals surface area contributed by atoms with Crippen molar-refractivity contribution in [2.75, 3.05) is 0 Å². The second-order valence-corrected chi connectivity index (χ2v) is 7.04. The normalized spacial score (nSPS) is 22.3. The Kier molecular flexibility index (Phi) is 3.53. The quantitative estimate of drug-likeness (QED) is 0.693. The van der Waals surface area contributed by atoms with Crippen LogP contribution in [0.1, 0.15) is 57.0 Å². The molecule has 1 aliphatic carbocycles. The number of alkyl halides is 1. The summed E-state index contributed by atoms with van der Waals surface area (Å²) in [5, 5.41) is 0. The average Bonchev–Trinajstić information content (AvgIpc) is 2.75. The zero-order valence-electron chi connectivity index (χ0n) is 12.6. The third-order valence-corrected chi connectivity index (χ3v) is 5.04. The van der Waals surface area contributed by atoms with Gasteiger partial charge in [0.25, 0.3) is 0 Å².